The summed E-state index contributed by atoms with van der Waals surface area (Å²) in [5.41, 5.74) is 0.530. The van der Waals surface area contributed by atoms with Gasteiger partial charge in [0.15, 0.2) is 8.68 Å². The number of aromatic nitrogens is 2. The van der Waals surface area contributed by atoms with E-state index in [2.05, 4.69) is 9.97 Å². The van der Waals surface area contributed by atoms with Gasteiger partial charge in [0, 0.05) is 5.38 Å². The van der Waals surface area contributed by atoms with Crippen LogP contribution in [0.1, 0.15) is 15.4 Å². The van der Waals surface area contributed by atoms with Gasteiger partial charge in [-0.2, -0.15) is 0 Å². The molecule has 0 aliphatic carbocycles. The van der Waals surface area contributed by atoms with E-state index in [9.17, 15) is 4.79 Å². The highest BCUT2D eigenvalue weighted by Gasteiger charge is 2.15. The van der Waals surface area contributed by atoms with Crippen LogP contribution in [0, 0.1) is 6.92 Å². The van der Waals surface area contributed by atoms with Crippen LogP contribution in [-0.2, 0) is 0 Å². The zero-order chi connectivity index (χ0) is 11.7. The number of hydrogen-bond acceptors (Lipinski definition) is 6. The molecule has 0 bridgehead atoms. The first-order valence-corrected chi connectivity index (χ1v) is 6.95. The van der Waals surface area contributed by atoms with Crippen LogP contribution in [-0.4, -0.2) is 21.0 Å². The molecule has 0 amide bonds. The minimum Gasteiger partial charge on any atom is -0.477 e. The lowest BCUT2D eigenvalue weighted by Crippen LogP contribution is -1.94. The van der Waals surface area contributed by atoms with Gasteiger partial charge in [-0.3, -0.25) is 0 Å². The Balaban J connectivity index is 2.22. The van der Waals surface area contributed by atoms with Crippen LogP contribution in [0.25, 0.3) is 0 Å². The van der Waals surface area contributed by atoms with Crippen LogP contribution >= 0.6 is 46.0 Å². The highest BCUT2D eigenvalue weighted by Crippen LogP contribution is 2.35. The molecule has 0 aliphatic rings. The number of aryl methyl sites for hydroxylation is 1. The molecule has 0 unspecified atom stereocenters. The molecule has 2 aromatic heterocycles. The number of rotatable bonds is 3. The SMILES string of the molecule is Cc1nc(Sc2nc(Cl)cs2)sc1C(=O)O. The third-order valence-electron chi connectivity index (χ3n) is 1.60. The minimum absolute atomic E-state index is 0.269. The molecule has 0 atom stereocenters. The van der Waals surface area contributed by atoms with Crippen LogP contribution < -0.4 is 0 Å². The van der Waals surface area contributed by atoms with Crippen molar-refractivity contribution >= 4 is 52.0 Å². The van der Waals surface area contributed by atoms with E-state index >= 15 is 0 Å². The normalized spacial score (nSPS) is 10.6. The van der Waals surface area contributed by atoms with Gasteiger partial charge in [0.05, 0.1) is 5.69 Å². The van der Waals surface area contributed by atoms with Crippen molar-refractivity contribution in [3.63, 3.8) is 0 Å². The summed E-state index contributed by atoms with van der Waals surface area (Å²) in [5, 5.41) is 11.0. The molecule has 0 aliphatic heterocycles. The molecule has 0 radical (unpaired) electrons. The van der Waals surface area contributed by atoms with Crippen LogP contribution in [0.2, 0.25) is 5.15 Å². The van der Waals surface area contributed by atoms with Crippen LogP contribution in [0.15, 0.2) is 14.1 Å². The quantitative estimate of drug-likeness (QED) is 0.939. The second kappa shape index (κ2) is 4.70. The van der Waals surface area contributed by atoms with Gasteiger partial charge in [-0.15, -0.1) is 11.3 Å². The molecule has 4 nitrogen and oxygen atoms in total. The lowest BCUT2D eigenvalue weighted by Gasteiger charge is -1.87. The number of aromatic carboxylic acids is 1. The number of carboxylic acid groups (broad SMARTS) is 1. The molecule has 0 saturated carbocycles. The predicted molar refractivity (Wildman–Crippen MR) is 65.1 cm³/mol. The van der Waals surface area contributed by atoms with Gasteiger partial charge in [0.2, 0.25) is 0 Å². The van der Waals surface area contributed by atoms with Crippen molar-refractivity contribution in [1.29, 1.82) is 0 Å². The fourth-order valence-corrected chi connectivity index (χ4v) is 4.19. The average molecular weight is 293 g/mol. The molecule has 16 heavy (non-hydrogen) atoms. The first kappa shape index (κ1) is 11.8. The maximum absolute atomic E-state index is 10.8. The maximum Gasteiger partial charge on any atom is 0.347 e. The third kappa shape index (κ3) is 2.54. The second-order valence-electron chi connectivity index (χ2n) is 2.74. The summed E-state index contributed by atoms with van der Waals surface area (Å²) >= 11 is 9.57. The van der Waals surface area contributed by atoms with E-state index in [1.807, 2.05) is 0 Å². The van der Waals surface area contributed by atoms with Crippen molar-refractivity contribution in [3.8, 4) is 0 Å². The van der Waals surface area contributed by atoms with Gasteiger partial charge < -0.3 is 5.11 Å². The summed E-state index contributed by atoms with van der Waals surface area (Å²) in [6.07, 6.45) is 0. The van der Waals surface area contributed by atoms with E-state index in [1.165, 1.54) is 23.1 Å². The second-order valence-corrected chi connectivity index (χ2v) is 6.48. The van der Waals surface area contributed by atoms with E-state index in [4.69, 9.17) is 16.7 Å². The largest absolute Gasteiger partial charge is 0.477 e. The third-order valence-corrected chi connectivity index (χ3v) is 5.07. The summed E-state index contributed by atoms with van der Waals surface area (Å²) in [6, 6.07) is 0. The fraction of sp³-hybridized carbons (Fsp3) is 0.125. The topological polar surface area (TPSA) is 63.1 Å². The molecule has 84 valence electrons. The number of nitrogens with zero attached hydrogens (tertiary/aromatic N) is 2. The monoisotopic (exact) mass is 292 g/mol. The van der Waals surface area contributed by atoms with Gasteiger partial charge in [0.1, 0.15) is 10.0 Å². The molecular formula is C8H5ClN2O2S3. The Kier molecular flexibility index (Phi) is 3.48. The smallest absolute Gasteiger partial charge is 0.347 e. The summed E-state index contributed by atoms with van der Waals surface area (Å²) < 4.78 is 1.43. The van der Waals surface area contributed by atoms with E-state index in [0.29, 0.717) is 15.2 Å². The van der Waals surface area contributed by atoms with E-state index in [-0.39, 0.29) is 4.88 Å². The predicted octanol–water partition coefficient (Wildman–Crippen LogP) is 3.41. The lowest BCUT2D eigenvalue weighted by molar-refractivity contribution is 0.0701. The Hall–Kier alpha value is -0.630. The Morgan fingerprint density at radius 1 is 1.50 bits per heavy atom. The molecule has 2 heterocycles. The minimum atomic E-state index is -0.945. The van der Waals surface area contributed by atoms with E-state index < -0.39 is 5.97 Å². The molecule has 0 spiro atoms. The first-order valence-electron chi connectivity index (χ1n) is 4.06. The molecular weight excluding hydrogens is 288 g/mol. The highest BCUT2D eigenvalue weighted by atomic mass is 35.5. The lowest BCUT2D eigenvalue weighted by atomic mass is 10.4. The molecule has 0 aromatic carbocycles. The van der Waals surface area contributed by atoms with Crippen LogP contribution in [0.3, 0.4) is 0 Å². The van der Waals surface area contributed by atoms with Gasteiger partial charge in [-0.25, -0.2) is 14.8 Å². The van der Waals surface area contributed by atoms with Crippen molar-refractivity contribution in [1.82, 2.24) is 9.97 Å². The van der Waals surface area contributed by atoms with Gasteiger partial charge in [-0.1, -0.05) is 22.9 Å². The zero-order valence-electron chi connectivity index (χ0n) is 7.93. The number of carbonyl (C=O) groups is 1. The van der Waals surface area contributed by atoms with Crippen molar-refractivity contribution in [3.05, 3.63) is 21.1 Å². The molecule has 2 aromatic rings. The summed E-state index contributed by atoms with van der Waals surface area (Å²) in [7, 11) is 0. The summed E-state index contributed by atoms with van der Waals surface area (Å²) in [5.74, 6) is -0.945. The highest BCUT2D eigenvalue weighted by molar-refractivity contribution is 8.02. The van der Waals surface area contributed by atoms with Crippen LogP contribution in [0.4, 0.5) is 0 Å². The molecule has 8 heteroatoms. The molecule has 1 N–H and O–H groups in total. The van der Waals surface area contributed by atoms with Gasteiger partial charge in [0.25, 0.3) is 0 Å². The first-order chi connectivity index (χ1) is 7.56. The summed E-state index contributed by atoms with van der Waals surface area (Å²) in [4.78, 5) is 19.3. The molecule has 2 rings (SSSR count). The Bertz CT molecular complexity index is 537. The maximum atomic E-state index is 10.8. The number of thiazole rings is 2. The van der Waals surface area contributed by atoms with Crippen molar-refractivity contribution < 1.29 is 9.90 Å². The Labute approximate surface area is 108 Å². The molecule has 0 saturated heterocycles. The number of hydrogen-bond donors (Lipinski definition) is 1. The van der Waals surface area contributed by atoms with E-state index in [1.54, 1.807) is 12.3 Å². The zero-order valence-corrected chi connectivity index (χ0v) is 11.1. The fourth-order valence-electron chi connectivity index (χ4n) is 0.974. The van der Waals surface area contributed by atoms with Gasteiger partial charge >= 0.3 is 5.97 Å². The molecule has 0 fully saturated rings. The van der Waals surface area contributed by atoms with Gasteiger partial charge in [-0.05, 0) is 18.7 Å². The van der Waals surface area contributed by atoms with Crippen LogP contribution in [0.5, 0.6) is 0 Å². The Morgan fingerprint density at radius 2 is 2.25 bits per heavy atom. The Morgan fingerprint density at radius 3 is 2.75 bits per heavy atom. The number of carboxylic acids is 1. The number of halogens is 1. The standard InChI is InChI=1S/C8H5ClN2O2S3/c1-3-5(6(12)13)15-8(10-3)16-7-11-4(9)2-14-7/h2H,1H3,(H,12,13). The van der Waals surface area contributed by atoms with Crippen molar-refractivity contribution in [2.75, 3.05) is 0 Å². The van der Waals surface area contributed by atoms with Crippen molar-refractivity contribution in [2.45, 2.75) is 15.6 Å². The van der Waals surface area contributed by atoms with Crippen molar-refractivity contribution in [2.24, 2.45) is 0 Å². The average Bonchev–Trinajstić information content (AvgIpc) is 2.73. The summed E-state index contributed by atoms with van der Waals surface area (Å²) in [6.45, 7) is 1.68. The van der Waals surface area contributed by atoms with E-state index in [0.717, 1.165) is 15.7 Å².